The lowest BCUT2D eigenvalue weighted by Crippen LogP contribution is -2.38. The third-order valence-corrected chi connectivity index (χ3v) is 3.87. The number of nitriles is 1. The van der Waals surface area contributed by atoms with Crippen molar-refractivity contribution in [1.82, 2.24) is 15.4 Å². The Morgan fingerprint density at radius 2 is 2.27 bits per heavy atom. The Labute approximate surface area is 128 Å². The van der Waals surface area contributed by atoms with Gasteiger partial charge in [-0.1, -0.05) is 35.5 Å². The number of hydrogen-bond acceptors (Lipinski definition) is 5. The Kier molecular flexibility index (Phi) is 4.05. The Balaban J connectivity index is 1.69. The fourth-order valence-electron chi connectivity index (χ4n) is 2.70. The highest BCUT2D eigenvalue weighted by molar-refractivity contribution is 5.98. The molecular formula is C16H16N4O2. The molecule has 0 unspecified atom stereocenters. The quantitative estimate of drug-likeness (QED) is 0.873. The van der Waals surface area contributed by atoms with Crippen molar-refractivity contribution in [2.45, 2.75) is 18.9 Å². The molecule has 1 aromatic carbocycles. The number of nitrogens with one attached hydrogen (secondary N) is 1. The number of likely N-dealkylation sites (tertiary alicyclic amines) is 1. The van der Waals surface area contributed by atoms with Gasteiger partial charge >= 0.3 is 0 Å². The fourth-order valence-corrected chi connectivity index (χ4v) is 2.70. The first kappa shape index (κ1) is 14.1. The second-order valence-corrected chi connectivity index (χ2v) is 5.24. The minimum atomic E-state index is -0.280. The van der Waals surface area contributed by atoms with Gasteiger partial charge in [-0.2, -0.15) is 5.26 Å². The molecule has 1 amide bonds. The number of rotatable bonds is 4. The van der Waals surface area contributed by atoms with Crippen LogP contribution in [-0.2, 0) is 0 Å². The first-order valence-corrected chi connectivity index (χ1v) is 7.24. The highest BCUT2D eigenvalue weighted by atomic mass is 16.5. The number of carbonyl (C=O) groups is 1. The third kappa shape index (κ3) is 2.79. The van der Waals surface area contributed by atoms with Gasteiger partial charge in [0.15, 0.2) is 11.9 Å². The smallest absolute Gasteiger partial charge is 0.274 e. The number of hydrogen-bond donors (Lipinski definition) is 1. The minimum absolute atomic E-state index is 0.0704. The zero-order chi connectivity index (χ0) is 15.4. The summed E-state index contributed by atoms with van der Waals surface area (Å²) in [6.07, 6.45) is 5.53. The largest absolute Gasteiger partial charge is 0.363 e. The van der Waals surface area contributed by atoms with Crippen LogP contribution in [0.15, 0.2) is 41.1 Å². The first-order chi connectivity index (χ1) is 10.8. The number of nitrogens with zero attached hydrogens (tertiary/aromatic N) is 3. The second-order valence-electron chi connectivity index (χ2n) is 5.24. The van der Waals surface area contributed by atoms with Crippen LogP contribution in [0.2, 0.25) is 0 Å². The molecule has 0 radical (unpaired) electrons. The summed E-state index contributed by atoms with van der Waals surface area (Å²) in [5.41, 5.74) is 1.82. The average molecular weight is 296 g/mol. The predicted molar refractivity (Wildman–Crippen MR) is 79.6 cm³/mol. The van der Waals surface area contributed by atoms with E-state index in [0.717, 1.165) is 24.9 Å². The first-order valence-electron chi connectivity index (χ1n) is 7.24. The van der Waals surface area contributed by atoms with Gasteiger partial charge in [-0.15, -0.1) is 0 Å². The summed E-state index contributed by atoms with van der Waals surface area (Å²) >= 11 is 0. The second kappa shape index (κ2) is 6.31. The van der Waals surface area contributed by atoms with E-state index >= 15 is 0 Å². The summed E-state index contributed by atoms with van der Waals surface area (Å²) in [5.74, 6) is -0.280. The van der Waals surface area contributed by atoms with Crippen LogP contribution in [-0.4, -0.2) is 35.1 Å². The van der Waals surface area contributed by atoms with Gasteiger partial charge in [0.05, 0.1) is 11.6 Å². The summed E-state index contributed by atoms with van der Waals surface area (Å²) in [6.45, 7) is 1.20. The summed E-state index contributed by atoms with van der Waals surface area (Å²) in [4.78, 5) is 14.0. The Bertz CT molecular complexity index is 690. The molecule has 1 atom stereocenters. The molecule has 3 rings (SSSR count). The van der Waals surface area contributed by atoms with Crippen molar-refractivity contribution in [3.63, 3.8) is 0 Å². The maximum atomic E-state index is 12.3. The lowest BCUT2D eigenvalue weighted by atomic mass is 10.1. The molecule has 1 aliphatic rings. The summed E-state index contributed by atoms with van der Waals surface area (Å²) in [5, 5.41) is 15.7. The van der Waals surface area contributed by atoms with Crippen molar-refractivity contribution in [2.24, 2.45) is 0 Å². The molecule has 1 aliphatic heterocycles. The van der Waals surface area contributed by atoms with Crippen molar-refractivity contribution < 1.29 is 9.32 Å². The van der Waals surface area contributed by atoms with Gasteiger partial charge in [0.2, 0.25) is 0 Å². The fraction of sp³-hybridized carbons (Fsp3) is 0.312. The van der Waals surface area contributed by atoms with E-state index < -0.39 is 0 Å². The normalized spacial score (nSPS) is 17.2. The summed E-state index contributed by atoms with van der Waals surface area (Å²) < 4.78 is 4.96. The highest BCUT2D eigenvalue weighted by Gasteiger charge is 2.25. The molecule has 1 aromatic heterocycles. The van der Waals surface area contributed by atoms with Crippen LogP contribution in [0.3, 0.4) is 0 Å². The monoisotopic (exact) mass is 296 g/mol. The van der Waals surface area contributed by atoms with Crippen molar-refractivity contribution in [3.05, 3.63) is 42.3 Å². The number of carbonyl (C=O) groups excluding carboxylic acids is 1. The van der Waals surface area contributed by atoms with Crippen LogP contribution in [0.1, 0.15) is 23.3 Å². The van der Waals surface area contributed by atoms with Crippen LogP contribution in [0.4, 0.5) is 0 Å². The van der Waals surface area contributed by atoms with E-state index in [1.54, 1.807) is 4.90 Å². The van der Waals surface area contributed by atoms with Crippen molar-refractivity contribution in [3.8, 4) is 17.3 Å². The van der Waals surface area contributed by atoms with E-state index in [1.807, 2.05) is 30.3 Å². The van der Waals surface area contributed by atoms with Crippen LogP contribution < -0.4 is 5.32 Å². The Morgan fingerprint density at radius 1 is 1.45 bits per heavy atom. The molecular weight excluding hydrogens is 280 g/mol. The molecule has 0 aliphatic carbocycles. The molecule has 0 spiro atoms. The van der Waals surface area contributed by atoms with Gasteiger partial charge in [-0.25, -0.2) is 0 Å². The van der Waals surface area contributed by atoms with E-state index in [2.05, 4.69) is 16.7 Å². The van der Waals surface area contributed by atoms with Gasteiger partial charge in [-0.3, -0.25) is 4.79 Å². The van der Waals surface area contributed by atoms with E-state index in [1.165, 1.54) is 6.26 Å². The van der Waals surface area contributed by atoms with Gasteiger partial charge in [0, 0.05) is 13.1 Å². The molecule has 2 heterocycles. The Morgan fingerprint density at radius 3 is 3.05 bits per heavy atom. The Hall–Kier alpha value is -2.81. The van der Waals surface area contributed by atoms with Gasteiger partial charge in [0.1, 0.15) is 6.26 Å². The van der Waals surface area contributed by atoms with Crippen LogP contribution in [0.5, 0.6) is 0 Å². The minimum Gasteiger partial charge on any atom is -0.363 e. The lowest BCUT2D eigenvalue weighted by Gasteiger charge is -2.18. The standard InChI is InChI=1S/C16H16N4O2/c17-11-20-8-4-7-13(20)9-18-16(21)15-14(10-22-19-15)12-5-2-1-3-6-12/h1-3,5-6,10,13H,4,7-9H2,(H,18,21)/t13-/m1/s1. The summed E-state index contributed by atoms with van der Waals surface area (Å²) in [7, 11) is 0. The van der Waals surface area contributed by atoms with Gasteiger partial charge < -0.3 is 14.7 Å². The zero-order valence-corrected chi connectivity index (χ0v) is 12.0. The molecule has 0 saturated carbocycles. The maximum absolute atomic E-state index is 12.3. The highest BCUT2D eigenvalue weighted by Crippen LogP contribution is 2.22. The molecule has 1 saturated heterocycles. The van der Waals surface area contributed by atoms with Crippen LogP contribution in [0.25, 0.3) is 11.1 Å². The number of benzene rings is 1. The van der Waals surface area contributed by atoms with Crippen molar-refractivity contribution in [2.75, 3.05) is 13.1 Å². The SMILES string of the molecule is N#CN1CCC[C@@H]1CNC(=O)c1nocc1-c1ccccc1. The molecule has 6 nitrogen and oxygen atoms in total. The van der Waals surface area contributed by atoms with Gasteiger partial charge in [0.25, 0.3) is 5.91 Å². The average Bonchev–Trinajstić information content (AvgIpc) is 3.22. The topological polar surface area (TPSA) is 82.2 Å². The predicted octanol–water partition coefficient (Wildman–Crippen LogP) is 2.02. The molecule has 22 heavy (non-hydrogen) atoms. The van der Waals surface area contributed by atoms with Gasteiger partial charge in [-0.05, 0) is 18.4 Å². The lowest BCUT2D eigenvalue weighted by molar-refractivity contribution is 0.0937. The van der Waals surface area contributed by atoms with E-state index in [9.17, 15) is 4.79 Å². The third-order valence-electron chi connectivity index (χ3n) is 3.87. The molecule has 112 valence electrons. The van der Waals surface area contributed by atoms with Crippen LogP contribution >= 0.6 is 0 Å². The molecule has 1 fully saturated rings. The molecule has 6 heteroatoms. The van der Waals surface area contributed by atoms with Crippen molar-refractivity contribution >= 4 is 5.91 Å². The van der Waals surface area contributed by atoms with Crippen molar-refractivity contribution in [1.29, 1.82) is 5.26 Å². The summed E-state index contributed by atoms with van der Waals surface area (Å²) in [6, 6.07) is 9.57. The number of amides is 1. The van der Waals surface area contributed by atoms with Crippen LogP contribution in [0, 0.1) is 11.5 Å². The zero-order valence-electron chi connectivity index (χ0n) is 12.0. The van der Waals surface area contributed by atoms with E-state index in [0.29, 0.717) is 12.1 Å². The molecule has 0 bridgehead atoms. The van der Waals surface area contributed by atoms with E-state index in [4.69, 9.17) is 9.78 Å². The molecule has 2 aromatic rings. The van der Waals surface area contributed by atoms with E-state index in [-0.39, 0.29) is 17.6 Å². The number of aromatic nitrogens is 1. The maximum Gasteiger partial charge on any atom is 0.274 e. The molecule has 1 N–H and O–H groups in total.